The largest absolute Gasteiger partial charge is 0.464 e. The van der Waals surface area contributed by atoms with E-state index in [1.807, 2.05) is 0 Å². The van der Waals surface area contributed by atoms with Gasteiger partial charge in [0.2, 0.25) is 5.91 Å². The molecule has 2 aliphatic rings. The zero-order chi connectivity index (χ0) is 14.5. The number of hydrogen-bond donors (Lipinski definition) is 1. The summed E-state index contributed by atoms with van der Waals surface area (Å²) < 4.78 is 5.02. The van der Waals surface area contributed by atoms with Crippen LogP contribution in [0, 0.1) is 0 Å². The fourth-order valence-electron chi connectivity index (χ4n) is 2.45. The van der Waals surface area contributed by atoms with E-state index in [0.717, 1.165) is 12.8 Å². The third-order valence-corrected chi connectivity index (χ3v) is 3.47. The van der Waals surface area contributed by atoms with Crippen molar-refractivity contribution in [3.8, 4) is 0 Å². The van der Waals surface area contributed by atoms with Gasteiger partial charge in [0.05, 0.1) is 6.61 Å². The lowest BCUT2D eigenvalue weighted by Crippen LogP contribution is -2.51. The second-order valence-electron chi connectivity index (χ2n) is 4.86. The van der Waals surface area contributed by atoms with Crippen LogP contribution in [0.4, 0.5) is 0 Å². The van der Waals surface area contributed by atoms with Gasteiger partial charge in [-0.05, 0) is 26.2 Å². The molecule has 2 aliphatic heterocycles. The zero-order valence-electron chi connectivity index (χ0n) is 11.6. The smallest absolute Gasteiger partial charge is 0.328 e. The first-order valence-electron chi connectivity index (χ1n) is 6.96. The summed E-state index contributed by atoms with van der Waals surface area (Å²) in [4.78, 5) is 36.9. The highest BCUT2D eigenvalue weighted by atomic mass is 16.5. The van der Waals surface area contributed by atoms with E-state index in [4.69, 9.17) is 4.74 Å². The van der Waals surface area contributed by atoms with Gasteiger partial charge in [0, 0.05) is 19.4 Å². The highest BCUT2D eigenvalue weighted by Gasteiger charge is 2.35. The number of amides is 2. The summed E-state index contributed by atoms with van der Waals surface area (Å²) in [5, 5.41) is 3.80. The van der Waals surface area contributed by atoms with Gasteiger partial charge >= 0.3 is 5.97 Å². The maximum atomic E-state index is 12.4. The molecule has 110 valence electrons. The van der Waals surface area contributed by atoms with Crippen LogP contribution < -0.4 is 5.43 Å². The van der Waals surface area contributed by atoms with E-state index >= 15 is 0 Å². The van der Waals surface area contributed by atoms with Gasteiger partial charge in [-0.3, -0.25) is 9.59 Å². The van der Waals surface area contributed by atoms with Crippen LogP contribution in [-0.4, -0.2) is 47.6 Å². The Labute approximate surface area is 117 Å². The highest BCUT2D eigenvalue weighted by Crippen LogP contribution is 2.19. The fraction of sp³-hybridized carbons (Fsp3) is 0.692. The summed E-state index contributed by atoms with van der Waals surface area (Å²) in [5.74, 6) is -0.828. The molecule has 0 aromatic heterocycles. The first kappa shape index (κ1) is 14.5. The highest BCUT2D eigenvalue weighted by molar-refractivity contribution is 6.39. The molecule has 1 atom stereocenters. The Morgan fingerprint density at radius 3 is 2.85 bits per heavy atom. The molecule has 20 heavy (non-hydrogen) atoms. The van der Waals surface area contributed by atoms with Crippen LogP contribution in [0.25, 0.3) is 0 Å². The number of nitrogens with zero attached hydrogens (tertiary/aromatic N) is 2. The second-order valence-corrected chi connectivity index (χ2v) is 4.86. The van der Waals surface area contributed by atoms with Gasteiger partial charge < -0.3 is 9.64 Å². The first-order valence-corrected chi connectivity index (χ1v) is 6.96. The van der Waals surface area contributed by atoms with E-state index in [-0.39, 0.29) is 24.2 Å². The number of carbonyl (C=O) groups excluding carboxylic acids is 3. The van der Waals surface area contributed by atoms with Gasteiger partial charge in [0.1, 0.15) is 11.8 Å². The van der Waals surface area contributed by atoms with Gasteiger partial charge in [-0.15, -0.1) is 0 Å². The monoisotopic (exact) mass is 281 g/mol. The van der Waals surface area contributed by atoms with Crippen LogP contribution in [0.2, 0.25) is 0 Å². The van der Waals surface area contributed by atoms with Crippen LogP contribution in [0.3, 0.4) is 0 Å². The average molecular weight is 281 g/mol. The summed E-state index contributed by atoms with van der Waals surface area (Å²) in [6.45, 7) is 2.57. The Kier molecular flexibility index (Phi) is 4.70. The van der Waals surface area contributed by atoms with Crippen LogP contribution in [-0.2, 0) is 19.1 Å². The van der Waals surface area contributed by atoms with Crippen molar-refractivity contribution in [1.29, 1.82) is 0 Å². The second kappa shape index (κ2) is 6.49. The van der Waals surface area contributed by atoms with Gasteiger partial charge in [-0.2, -0.15) is 5.10 Å². The van der Waals surface area contributed by atoms with Gasteiger partial charge in [0.25, 0.3) is 5.91 Å². The molecule has 2 amide bonds. The topological polar surface area (TPSA) is 88.1 Å². The van der Waals surface area contributed by atoms with Crippen molar-refractivity contribution in [2.45, 2.75) is 45.1 Å². The summed E-state index contributed by atoms with van der Waals surface area (Å²) in [7, 11) is 0. The molecule has 0 saturated carbocycles. The summed E-state index contributed by atoms with van der Waals surface area (Å²) >= 11 is 0. The van der Waals surface area contributed by atoms with Crippen molar-refractivity contribution >= 4 is 23.5 Å². The van der Waals surface area contributed by atoms with Crippen molar-refractivity contribution in [3.63, 3.8) is 0 Å². The lowest BCUT2D eigenvalue weighted by atomic mass is 10.0. The van der Waals surface area contributed by atoms with E-state index in [1.165, 1.54) is 4.90 Å². The molecule has 1 saturated heterocycles. The molecule has 0 radical (unpaired) electrons. The minimum Gasteiger partial charge on any atom is -0.464 e. The molecule has 1 N–H and O–H groups in total. The number of rotatable bonds is 3. The standard InChI is InChI=1S/C13H19N3O4/c1-2-20-13(19)10-5-3-4-8-16(10)12(18)9-6-7-11(17)15-14-9/h10H,2-8H2,1H3,(H,15,17). The fourth-order valence-corrected chi connectivity index (χ4v) is 2.45. The number of hydrogen-bond acceptors (Lipinski definition) is 5. The first-order chi connectivity index (χ1) is 9.63. The van der Waals surface area contributed by atoms with E-state index in [0.29, 0.717) is 31.7 Å². The number of ether oxygens (including phenoxy) is 1. The van der Waals surface area contributed by atoms with Crippen molar-refractivity contribution < 1.29 is 19.1 Å². The third kappa shape index (κ3) is 3.15. The molecular weight excluding hydrogens is 262 g/mol. The average Bonchev–Trinajstić information content (AvgIpc) is 2.47. The molecule has 1 fully saturated rings. The number of nitrogens with one attached hydrogen (secondary N) is 1. The summed E-state index contributed by atoms with van der Waals surface area (Å²) in [6, 6.07) is -0.531. The van der Waals surface area contributed by atoms with Gasteiger partial charge in [0.15, 0.2) is 0 Å². The quantitative estimate of drug-likeness (QED) is 0.748. The van der Waals surface area contributed by atoms with E-state index in [2.05, 4.69) is 10.5 Å². The lowest BCUT2D eigenvalue weighted by Gasteiger charge is -2.34. The van der Waals surface area contributed by atoms with E-state index < -0.39 is 6.04 Å². The van der Waals surface area contributed by atoms with Crippen LogP contribution in [0.1, 0.15) is 39.0 Å². The van der Waals surface area contributed by atoms with Crippen LogP contribution in [0.15, 0.2) is 5.10 Å². The molecule has 7 nitrogen and oxygen atoms in total. The maximum absolute atomic E-state index is 12.4. The van der Waals surface area contributed by atoms with Crippen molar-refractivity contribution in [2.75, 3.05) is 13.2 Å². The van der Waals surface area contributed by atoms with E-state index in [9.17, 15) is 14.4 Å². The molecule has 2 rings (SSSR count). The Bertz CT molecular complexity index is 447. The molecule has 0 aliphatic carbocycles. The Balaban J connectivity index is 2.09. The van der Waals surface area contributed by atoms with Crippen molar-refractivity contribution in [1.82, 2.24) is 10.3 Å². The molecule has 0 bridgehead atoms. The molecule has 0 spiro atoms. The van der Waals surface area contributed by atoms with Gasteiger partial charge in [-0.1, -0.05) is 0 Å². The molecule has 7 heteroatoms. The number of likely N-dealkylation sites (tertiary alicyclic amines) is 1. The molecule has 2 heterocycles. The van der Waals surface area contributed by atoms with Crippen molar-refractivity contribution in [2.24, 2.45) is 5.10 Å². The number of esters is 1. The summed E-state index contributed by atoms with van der Waals surface area (Å²) in [5.41, 5.74) is 2.61. The molecule has 1 unspecified atom stereocenters. The SMILES string of the molecule is CCOC(=O)C1CCCCN1C(=O)C1=NNC(=O)CC1. The summed E-state index contributed by atoms with van der Waals surface area (Å²) in [6.07, 6.45) is 2.95. The Morgan fingerprint density at radius 1 is 1.40 bits per heavy atom. The van der Waals surface area contributed by atoms with Gasteiger partial charge in [-0.25, -0.2) is 10.2 Å². The van der Waals surface area contributed by atoms with Crippen LogP contribution in [0.5, 0.6) is 0 Å². The molecule has 0 aromatic carbocycles. The normalized spacial score (nSPS) is 22.9. The minimum atomic E-state index is -0.531. The number of piperidine rings is 1. The Morgan fingerprint density at radius 2 is 2.20 bits per heavy atom. The Hall–Kier alpha value is -1.92. The third-order valence-electron chi connectivity index (χ3n) is 3.47. The maximum Gasteiger partial charge on any atom is 0.328 e. The predicted molar refractivity (Wildman–Crippen MR) is 70.8 cm³/mol. The zero-order valence-corrected chi connectivity index (χ0v) is 11.6. The molecule has 0 aromatic rings. The number of carbonyl (C=O) groups is 3. The number of hydrazone groups is 1. The minimum absolute atomic E-state index is 0.192. The molecular formula is C13H19N3O4. The van der Waals surface area contributed by atoms with Crippen molar-refractivity contribution in [3.05, 3.63) is 0 Å². The predicted octanol–water partition coefficient (Wildman–Crippen LogP) is 0.197. The van der Waals surface area contributed by atoms with E-state index in [1.54, 1.807) is 6.92 Å². The lowest BCUT2D eigenvalue weighted by molar-refractivity contribution is -0.154. The van der Waals surface area contributed by atoms with Crippen LogP contribution >= 0.6 is 0 Å².